The lowest BCUT2D eigenvalue weighted by atomic mass is 9.67. The van der Waals surface area contributed by atoms with Crippen LogP contribution < -0.4 is 19.6 Å². The molecular weight excluding hydrogens is 560 g/mol. The zero-order valence-electron chi connectivity index (χ0n) is 24.0. The number of urea groups is 1. The number of anilines is 4. The quantitative estimate of drug-likeness (QED) is 0.259. The van der Waals surface area contributed by atoms with Gasteiger partial charge >= 0.3 is 6.03 Å². The van der Waals surface area contributed by atoms with E-state index in [-0.39, 0.29) is 6.42 Å². The molecule has 0 aliphatic carbocycles. The maximum Gasteiger partial charge on any atom is 0.342 e. The van der Waals surface area contributed by atoms with Crippen LogP contribution in [0.5, 0.6) is 0 Å². The maximum atomic E-state index is 15.0. The van der Waals surface area contributed by atoms with E-state index in [2.05, 4.69) is 35.8 Å². The van der Waals surface area contributed by atoms with E-state index in [1.165, 1.54) is 15.4 Å². The molecule has 0 saturated carbocycles. The van der Waals surface area contributed by atoms with Crippen LogP contribution in [-0.4, -0.2) is 43.5 Å². The lowest BCUT2D eigenvalue weighted by Gasteiger charge is -2.57. The molecule has 1 spiro atoms. The summed E-state index contributed by atoms with van der Waals surface area (Å²) >= 11 is 6.50. The number of rotatable bonds is 3. The highest BCUT2D eigenvalue weighted by Crippen LogP contribution is 2.49. The molecule has 7 rings (SSSR count). The highest BCUT2D eigenvalue weighted by molar-refractivity contribution is 6.39. The molecule has 2 fully saturated rings. The van der Waals surface area contributed by atoms with Crippen LogP contribution in [0.2, 0.25) is 5.02 Å². The number of imide groups is 2. The number of benzene rings is 4. The van der Waals surface area contributed by atoms with Crippen molar-refractivity contribution in [1.29, 1.82) is 0 Å². The van der Waals surface area contributed by atoms with Gasteiger partial charge in [-0.2, -0.15) is 0 Å². The van der Waals surface area contributed by atoms with E-state index in [4.69, 9.17) is 11.6 Å². The van der Waals surface area contributed by atoms with E-state index < -0.39 is 29.3 Å². The van der Waals surface area contributed by atoms with Crippen LogP contribution >= 0.6 is 11.6 Å². The number of halogens is 1. The van der Waals surface area contributed by atoms with Crippen molar-refractivity contribution >= 4 is 52.2 Å². The molecule has 8 heteroatoms. The van der Waals surface area contributed by atoms with Gasteiger partial charge in [-0.3, -0.25) is 9.59 Å². The smallest absolute Gasteiger partial charge is 0.342 e. The number of aryl methyl sites for hydroxylation is 1. The summed E-state index contributed by atoms with van der Waals surface area (Å²) in [4.78, 5) is 51.0. The molecule has 4 aromatic rings. The van der Waals surface area contributed by atoms with Crippen LogP contribution in [0.15, 0.2) is 97.1 Å². The van der Waals surface area contributed by atoms with Gasteiger partial charge in [-0.25, -0.2) is 14.6 Å². The molecule has 0 aromatic heterocycles. The Bertz CT molecular complexity index is 1700. The number of carbonyl (C=O) groups is 3. The Balaban J connectivity index is 1.45. The number of hydrogen-bond donors (Lipinski definition) is 0. The van der Waals surface area contributed by atoms with Crippen LogP contribution in [0.1, 0.15) is 16.7 Å². The maximum absolute atomic E-state index is 15.0. The molecule has 0 unspecified atom stereocenters. The molecule has 4 aromatic carbocycles. The molecule has 0 radical (unpaired) electrons. The number of fused-ring (bicyclic) bond motifs is 4. The van der Waals surface area contributed by atoms with Crippen LogP contribution in [-0.2, 0) is 16.0 Å². The zero-order valence-corrected chi connectivity index (χ0v) is 24.8. The Morgan fingerprint density at radius 3 is 1.98 bits per heavy atom. The first kappa shape index (κ1) is 27.2. The van der Waals surface area contributed by atoms with Crippen molar-refractivity contribution in [2.45, 2.75) is 26.3 Å². The first-order valence-electron chi connectivity index (χ1n) is 14.5. The third kappa shape index (κ3) is 4.13. The molecule has 2 saturated heterocycles. The molecular formula is C35H31ClN4O3. The zero-order chi connectivity index (χ0) is 29.9. The van der Waals surface area contributed by atoms with Gasteiger partial charge in [-0.15, -0.1) is 0 Å². The minimum atomic E-state index is -1.57. The standard InChI is InChI=1S/C35H31ClN4O3/c1-23-10-9-15-29(24(23)2)37-18-19-38-30-20-26(36)17-16-25(30)21-35(31(38)22-37)32(41)39(27-11-5-3-6-12-27)34(43)40(33(35)42)28-13-7-4-8-14-28/h3-17,20,31H,18-19,21-22H2,1-2H3/t31-/m0/s1. The molecule has 43 heavy (non-hydrogen) atoms. The summed E-state index contributed by atoms with van der Waals surface area (Å²) in [6, 6.07) is 28.4. The van der Waals surface area contributed by atoms with Gasteiger partial charge in [0.05, 0.1) is 17.4 Å². The van der Waals surface area contributed by atoms with Gasteiger partial charge in [-0.1, -0.05) is 66.2 Å². The molecule has 4 amide bonds. The number of para-hydroxylation sites is 2. The summed E-state index contributed by atoms with van der Waals surface area (Å²) in [5, 5.41) is 0.596. The number of barbiturate groups is 1. The summed E-state index contributed by atoms with van der Waals surface area (Å²) in [6.07, 6.45) is 0.152. The Kier molecular flexibility index (Phi) is 6.51. The Hall–Kier alpha value is -4.62. The highest BCUT2D eigenvalue weighted by Gasteiger charge is 2.65. The second-order valence-electron chi connectivity index (χ2n) is 11.5. The van der Waals surface area contributed by atoms with E-state index in [9.17, 15) is 14.4 Å². The van der Waals surface area contributed by atoms with Gasteiger partial charge in [0.15, 0.2) is 5.41 Å². The minimum absolute atomic E-state index is 0.152. The van der Waals surface area contributed by atoms with Crippen LogP contribution in [0.25, 0.3) is 0 Å². The SMILES string of the molecule is Cc1cccc(N2CCN3c4cc(Cl)ccc4CC4(C(=O)N(c5ccccc5)C(=O)N(c5ccccc5)C4=O)[C@@H]3C2)c1C. The number of hydrogen-bond acceptors (Lipinski definition) is 5. The van der Waals surface area contributed by atoms with Crippen molar-refractivity contribution in [2.24, 2.45) is 5.41 Å². The van der Waals surface area contributed by atoms with E-state index in [0.717, 1.165) is 22.5 Å². The average Bonchev–Trinajstić information content (AvgIpc) is 3.02. The van der Waals surface area contributed by atoms with Crippen molar-refractivity contribution in [1.82, 2.24) is 0 Å². The summed E-state index contributed by atoms with van der Waals surface area (Å²) in [5.74, 6) is -1.00. The summed E-state index contributed by atoms with van der Waals surface area (Å²) in [6.45, 7) is 5.90. The van der Waals surface area contributed by atoms with Crippen molar-refractivity contribution < 1.29 is 14.4 Å². The summed E-state index contributed by atoms with van der Waals surface area (Å²) in [5.41, 5.74) is 4.50. The molecule has 3 aliphatic rings. The van der Waals surface area contributed by atoms with Crippen molar-refractivity contribution in [3.8, 4) is 0 Å². The van der Waals surface area contributed by atoms with E-state index >= 15 is 0 Å². The first-order chi connectivity index (χ1) is 20.8. The third-order valence-corrected chi connectivity index (χ3v) is 9.51. The third-order valence-electron chi connectivity index (χ3n) is 9.27. The topological polar surface area (TPSA) is 64.2 Å². The van der Waals surface area contributed by atoms with Crippen LogP contribution in [0.3, 0.4) is 0 Å². The Labute approximate surface area is 255 Å². The number of carbonyl (C=O) groups excluding carboxylic acids is 3. The molecule has 7 nitrogen and oxygen atoms in total. The fraction of sp³-hybridized carbons (Fsp3) is 0.229. The van der Waals surface area contributed by atoms with Gasteiger partial charge in [0.2, 0.25) is 0 Å². The number of piperazine rings is 1. The summed E-state index contributed by atoms with van der Waals surface area (Å²) < 4.78 is 0. The normalized spacial score (nSPS) is 19.5. The predicted octanol–water partition coefficient (Wildman–Crippen LogP) is 6.39. The fourth-order valence-electron chi connectivity index (χ4n) is 6.97. The molecule has 3 aliphatic heterocycles. The highest BCUT2D eigenvalue weighted by atomic mass is 35.5. The predicted molar refractivity (Wildman–Crippen MR) is 170 cm³/mol. The second-order valence-corrected chi connectivity index (χ2v) is 12.0. The minimum Gasteiger partial charge on any atom is -0.367 e. The molecule has 216 valence electrons. The molecule has 3 heterocycles. The monoisotopic (exact) mass is 590 g/mol. The fourth-order valence-corrected chi connectivity index (χ4v) is 7.14. The van der Waals surface area contributed by atoms with Gasteiger partial charge in [0.25, 0.3) is 11.8 Å². The van der Waals surface area contributed by atoms with E-state index in [1.54, 1.807) is 54.6 Å². The van der Waals surface area contributed by atoms with Crippen molar-refractivity contribution in [2.75, 3.05) is 39.2 Å². The largest absolute Gasteiger partial charge is 0.367 e. The van der Waals surface area contributed by atoms with Gasteiger partial charge in [0, 0.05) is 36.0 Å². The van der Waals surface area contributed by atoms with Crippen molar-refractivity contribution in [3.63, 3.8) is 0 Å². The average molecular weight is 591 g/mol. The molecule has 0 N–H and O–H groups in total. The number of nitrogens with zero attached hydrogens (tertiary/aromatic N) is 4. The number of amides is 4. The van der Waals surface area contributed by atoms with E-state index in [0.29, 0.717) is 36.0 Å². The van der Waals surface area contributed by atoms with Gasteiger partial charge in [-0.05, 0) is 79.4 Å². The van der Waals surface area contributed by atoms with Gasteiger partial charge < -0.3 is 9.80 Å². The lowest BCUT2D eigenvalue weighted by molar-refractivity contribution is -0.143. The lowest BCUT2D eigenvalue weighted by Crippen LogP contribution is -2.76. The molecule has 1 atom stereocenters. The van der Waals surface area contributed by atoms with Crippen LogP contribution in [0, 0.1) is 19.3 Å². The van der Waals surface area contributed by atoms with Gasteiger partial charge in [0.1, 0.15) is 0 Å². The van der Waals surface area contributed by atoms with Crippen LogP contribution in [0.4, 0.5) is 27.5 Å². The molecule has 0 bridgehead atoms. The Morgan fingerprint density at radius 1 is 0.721 bits per heavy atom. The van der Waals surface area contributed by atoms with Crippen molar-refractivity contribution in [3.05, 3.63) is 119 Å². The Morgan fingerprint density at radius 2 is 1.35 bits per heavy atom. The second kappa shape index (κ2) is 10.3. The first-order valence-corrected chi connectivity index (χ1v) is 14.9. The van der Waals surface area contributed by atoms with E-state index in [1.807, 2.05) is 30.3 Å². The summed E-state index contributed by atoms with van der Waals surface area (Å²) in [7, 11) is 0.